The lowest BCUT2D eigenvalue weighted by molar-refractivity contribution is 0.0259. The summed E-state index contributed by atoms with van der Waals surface area (Å²) in [6, 6.07) is 9.27. The first-order valence-electron chi connectivity index (χ1n) is 7.14. The molecule has 2 aromatic rings. The van der Waals surface area contributed by atoms with E-state index in [0.717, 1.165) is 30.2 Å². The fraction of sp³-hybridized carbons (Fsp3) is 0.438. The van der Waals surface area contributed by atoms with Crippen molar-refractivity contribution in [3.63, 3.8) is 0 Å². The third kappa shape index (κ3) is 2.31. The van der Waals surface area contributed by atoms with Gasteiger partial charge in [-0.05, 0) is 38.3 Å². The van der Waals surface area contributed by atoms with Crippen LogP contribution in [0.25, 0.3) is 11.0 Å². The Kier molecular flexibility index (Phi) is 3.49. The lowest BCUT2D eigenvalue weighted by Crippen LogP contribution is -2.48. The van der Waals surface area contributed by atoms with Crippen LogP contribution >= 0.6 is 0 Å². The average molecular weight is 273 g/mol. The number of benzene rings is 1. The van der Waals surface area contributed by atoms with E-state index in [1.165, 1.54) is 0 Å². The van der Waals surface area contributed by atoms with Gasteiger partial charge in [-0.3, -0.25) is 4.79 Å². The molecule has 2 unspecified atom stereocenters. The molecule has 1 N–H and O–H groups in total. The van der Waals surface area contributed by atoms with Gasteiger partial charge in [0.25, 0.3) is 5.91 Å². The molecule has 106 valence electrons. The molecule has 0 saturated carbocycles. The fourth-order valence-electron chi connectivity index (χ4n) is 2.94. The van der Waals surface area contributed by atoms with Gasteiger partial charge >= 0.3 is 0 Å². The highest BCUT2D eigenvalue weighted by molar-refractivity contribution is 5.96. The summed E-state index contributed by atoms with van der Waals surface area (Å²) in [4.78, 5) is 14.4. The molecule has 3 rings (SSSR count). The number of amides is 1. The van der Waals surface area contributed by atoms with E-state index in [1.807, 2.05) is 24.3 Å². The minimum absolute atomic E-state index is 0.107. The van der Waals surface area contributed by atoms with Crippen molar-refractivity contribution in [3.8, 4) is 0 Å². The second-order valence-corrected chi connectivity index (χ2v) is 5.45. The monoisotopic (exact) mass is 273 g/mol. The van der Waals surface area contributed by atoms with Gasteiger partial charge in [-0.1, -0.05) is 18.2 Å². The average Bonchev–Trinajstić information content (AvgIpc) is 2.90. The maximum atomic E-state index is 12.6. The van der Waals surface area contributed by atoms with Crippen molar-refractivity contribution in [2.45, 2.75) is 38.3 Å². The molecule has 1 amide bonds. The van der Waals surface area contributed by atoms with Crippen LogP contribution in [-0.2, 0) is 0 Å². The van der Waals surface area contributed by atoms with E-state index in [-0.39, 0.29) is 11.9 Å². The Hall–Kier alpha value is -1.81. The van der Waals surface area contributed by atoms with Crippen LogP contribution in [0.4, 0.5) is 0 Å². The Balaban J connectivity index is 1.90. The summed E-state index contributed by atoms with van der Waals surface area (Å²) in [6.07, 6.45) is 2.38. The largest absolute Gasteiger partial charge is 0.451 e. The van der Waals surface area contributed by atoms with Crippen LogP contribution in [0.1, 0.15) is 36.7 Å². The maximum Gasteiger partial charge on any atom is 0.289 e. The highest BCUT2D eigenvalue weighted by Gasteiger charge is 2.31. The molecule has 4 heteroatoms. The molecule has 0 spiro atoms. The predicted molar refractivity (Wildman–Crippen MR) is 76.6 cm³/mol. The zero-order chi connectivity index (χ0) is 14.1. The number of rotatable bonds is 2. The number of aliphatic hydroxyl groups is 1. The van der Waals surface area contributed by atoms with Gasteiger partial charge in [0, 0.05) is 11.9 Å². The van der Waals surface area contributed by atoms with Crippen molar-refractivity contribution in [2.24, 2.45) is 0 Å². The van der Waals surface area contributed by atoms with Crippen LogP contribution in [0.5, 0.6) is 0 Å². The van der Waals surface area contributed by atoms with Gasteiger partial charge in [0.15, 0.2) is 5.76 Å². The summed E-state index contributed by atoms with van der Waals surface area (Å²) in [5, 5.41) is 10.8. The minimum Gasteiger partial charge on any atom is -0.451 e. The number of para-hydroxylation sites is 1. The number of furan rings is 1. The SMILES string of the molecule is CC(O)C1CCCCN1C(=O)c1cc2ccccc2o1. The predicted octanol–water partition coefficient (Wildman–Crippen LogP) is 2.81. The highest BCUT2D eigenvalue weighted by Crippen LogP contribution is 2.25. The molecule has 1 aromatic heterocycles. The van der Waals surface area contributed by atoms with Crippen LogP contribution in [0.15, 0.2) is 34.7 Å². The third-order valence-corrected chi connectivity index (χ3v) is 4.00. The summed E-state index contributed by atoms with van der Waals surface area (Å²) in [7, 11) is 0. The van der Waals surface area contributed by atoms with Crippen molar-refractivity contribution in [2.75, 3.05) is 6.54 Å². The Morgan fingerprint density at radius 1 is 1.40 bits per heavy atom. The van der Waals surface area contributed by atoms with Crippen molar-refractivity contribution in [3.05, 3.63) is 36.1 Å². The minimum atomic E-state index is -0.511. The molecular weight excluding hydrogens is 254 g/mol. The van der Waals surface area contributed by atoms with E-state index in [4.69, 9.17) is 4.42 Å². The molecule has 1 aromatic carbocycles. The van der Waals surface area contributed by atoms with Gasteiger partial charge in [-0.25, -0.2) is 0 Å². The second-order valence-electron chi connectivity index (χ2n) is 5.45. The van der Waals surface area contributed by atoms with Crippen LogP contribution in [0.3, 0.4) is 0 Å². The summed E-state index contributed by atoms with van der Waals surface area (Å²) < 4.78 is 5.64. The molecule has 0 radical (unpaired) electrons. The van der Waals surface area contributed by atoms with Gasteiger partial charge in [0.2, 0.25) is 0 Å². The Labute approximate surface area is 118 Å². The number of aliphatic hydroxyl groups excluding tert-OH is 1. The molecule has 1 saturated heterocycles. The lowest BCUT2D eigenvalue weighted by Gasteiger charge is -2.36. The number of fused-ring (bicyclic) bond motifs is 1. The fourth-order valence-corrected chi connectivity index (χ4v) is 2.94. The zero-order valence-corrected chi connectivity index (χ0v) is 11.6. The molecule has 1 aliphatic heterocycles. The summed E-state index contributed by atoms with van der Waals surface area (Å²) in [5.41, 5.74) is 0.724. The quantitative estimate of drug-likeness (QED) is 0.915. The second kappa shape index (κ2) is 5.29. The van der Waals surface area contributed by atoms with E-state index in [0.29, 0.717) is 12.3 Å². The molecule has 4 nitrogen and oxygen atoms in total. The third-order valence-electron chi connectivity index (χ3n) is 4.00. The molecular formula is C16H19NO3. The van der Waals surface area contributed by atoms with Gasteiger partial charge in [0.05, 0.1) is 12.1 Å². The van der Waals surface area contributed by atoms with Gasteiger partial charge in [-0.2, -0.15) is 0 Å². The smallest absolute Gasteiger partial charge is 0.289 e. The number of nitrogens with zero attached hydrogens (tertiary/aromatic N) is 1. The topological polar surface area (TPSA) is 53.7 Å². The van der Waals surface area contributed by atoms with E-state index in [9.17, 15) is 9.90 Å². The normalized spacial score (nSPS) is 21.1. The zero-order valence-electron chi connectivity index (χ0n) is 11.6. The molecule has 1 aliphatic rings. The van der Waals surface area contributed by atoms with Gasteiger partial charge < -0.3 is 14.4 Å². The van der Waals surface area contributed by atoms with Crippen molar-refractivity contribution in [1.29, 1.82) is 0 Å². The van der Waals surface area contributed by atoms with Crippen LogP contribution < -0.4 is 0 Å². The van der Waals surface area contributed by atoms with Gasteiger partial charge in [-0.15, -0.1) is 0 Å². The standard InChI is InChI=1S/C16H19NO3/c1-11(18)13-7-4-5-9-17(13)16(19)15-10-12-6-2-3-8-14(12)20-15/h2-3,6,8,10-11,13,18H,4-5,7,9H2,1H3. The number of hydrogen-bond acceptors (Lipinski definition) is 3. The van der Waals surface area contributed by atoms with Crippen LogP contribution in [0.2, 0.25) is 0 Å². The number of carbonyl (C=O) groups is 1. The van der Waals surface area contributed by atoms with E-state index in [2.05, 4.69) is 0 Å². The maximum absolute atomic E-state index is 12.6. The number of carbonyl (C=O) groups excluding carboxylic acids is 1. The molecule has 0 bridgehead atoms. The van der Waals surface area contributed by atoms with Crippen molar-refractivity contribution >= 4 is 16.9 Å². The Morgan fingerprint density at radius 3 is 2.95 bits per heavy atom. The Morgan fingerprint density at radius 2 is 2.20 bits per heavy atom. The van der Waals surface area contributed by atoms with Crippen LogP contribution in [-0.4, -0.2) is 34.6 Å². The number of hydrogen-bond donors (Lipinski definition) is 1. The Bertz CT molecular complexity index is 584. The number of likely N-dealkylation sites (tertiary alicyclic amines) is 1. The molecule has 2 atom stereocenters. The first-order valence-corrected chi connectivity index (χ1v) is 7.14. The van der Waals surface area contributed by atoms with E-state index >= 15 is 0 Å². The molecule has 2 heterocycles. The molecule has 1 fully saturated rings. The van der Waals surface area contributed by atoms with Crippen molar-refractivity contribution in [1.82, 2.24) is 4.90 Å². The number of piperidine rings is 1. The van der Waals surface area contributed by atoms with Gasteiger partial charge in [0.1, 0.15) is 5.58 Å². The highest BCUT2D eigenvalue weighted by atomic mass is 16.3. The lowest BCUT2D eigenvalue weighted by atomic mass is 9.98. The van der Waals surface area contributed by atoms with E-state index in [1.54, 1.807) is 17.9 Å². The van der Waals surface area contributed by atoms with Crippen molar-refractivity contribution < 1.29 is 14.3 Å². The molecule has 0 aliphatic carbocycles. The summed E-state index contributed by atoms with van der Waals surface area (Å²) >= 11 is 0. The first kappa shape index (κ1) is 13.2. The molecule has 20 heavy (non-hydrogen) atoms. The summed E-state index contributed by atoms with van der Waals surface area (Å²) in [6.45, 7) is 2.43. The van der Waals surface area contributed by atoms with Crippen LogP contribution in [0, 0.1) is 0 Å². The first-order chi connectivity index (χ1) is 9.66. The summed E-state index contributed by atoms with van der Waals surface area (Å²) in [5.74, 6) is 0.241. The van der Waals surface area contributed by atoms with E-state index < -0.39 is 6.10 Å².